The van der Waals surface area contributed by atoms with Crippen LogP contribution in [0.2, 0.25) is 0 Å². The standard InChI is InChI=1S/C21H17N3O4S/c1-12-8-9-13(10-16(12)28-14-6-4-3-5-7-14)24-15-11-17(21(26)27-2)29-19(15)23-18(22)20(24)25/h3-11H,1-2H3,(H2,22,23). The van der Waals surface area contributed by atoms with Gasteiger partial charge in [-0.05, 0) is 36.8 Å². The third kappa shape index (κ3) is 3.45. The maximum atomic E-state index is 12.8. The van der Waals surface area contributed by atoms with Crippen molar-refractivity contribution < 1.29 is 14.3 Å². The van der Waals surface area contributed by atoms with Gasteiger partial charge in [0.15, 0.2) is 5.82 Å². The average molecular weight is 407 g/mol. The van der Waals surface area contributed by atoms with E-state index in [1.165, 1.54) is 11.7 Å². The van der Waals surface area contributed by atoms with Crippen LogP contribution in [0.3, 0.4) is 0 Å². The quantitative estimate of drug-likeness (QED) is 0.515. The fourth-order valence-electron chi connectivity index (χ4n) is 2.90. The predicted octanol–water partition coefficient (Wildman–Crippen LogP) is 3.92. The molecule has 146 valence electrons. The zero-order valence-corrected chi connectivity index (χ0v) is 16.5. The molecule has 0 radical (unpaired) electrons. The summed E-state index contributed by atoms with van der Waals surface area (Å²) in [5.74, 6) is 0.639. The van der Waals surface area contributed by atoms with Gasteiger partial charge in [0.25, 0.3) is 5.56 Å². The Morgan fingerprint density at radius 3 is 2.62 bits per heavy atom. The van der Waals surface area contributed by atoms with Crippen molar-refractivity contribution in [2.24, 2.45) is 0 Å². The number of nitrogen functional groups attached to an aromatic ring is 1. The molecule has 0 bridgehead atoms. The molecule has 29 heavy (non-hydrogen) atoms. The van der Waals surface area contributed by atoms with Crippen molar-refractivity contribution in [1.29, 1.82) is 0 Å². The normalized spacial score (nSPS) is 10.8. The van der Waals surface area contributed by atoms with Crippen LogP contribution in [0.25, 0.3) is 16.0 Å². The highest BCUT2D eigenvalue weighted by molar-refractivity contribution is 7.20. The molecule has 0 unspecified atom stereocenters. The van der Waals surface area contributed by atoms with Gasteiger partial charge < -0.3 is 15.2 Å². The number of hydrogen-bond acceptors (Lipinski definition) is 7. The van der Waals surface area contributed by atoms with E-state index in [1.807, 2.05) is 43.3 Å². The monoisotopic (exact) mass is 407 g/mol. The lowest BCUT2D eigenvalue weighted by molar-refractivity contribution is 0.0606. The third-order valence-electron chi connectivity index (χ3n) is 4.37. The Labute approximate surface area is 170 Å². The topological polar surface area (TPSA) is 96.4 Å². The SMILES string of the molecule is COC(=O)c1cc2c(nc(N)c(=O)n2-c2ccc(C)c(Oc3ccccc3)c2)s1. The lowest BCUT2D eigenvalue weighted by atomic mass is 10.2. The molecule has 2 N–H and O–H groups in total. The molecule has 2 aromatic heterocycles. The molecule has 0 spiro atoms. The minimum Gasteiger partial charge on any atom is -0.465 e. The summed E-state index contributed by atoms with van der Waals surface area (Å²) in [6, 6.07) is 16.4. The van der Waals surface area contributed by atoms with Crippen LogP contribution >= 0.6 is 11.3 Å². The van der Waals surface area contributed by atoms with Crippen molar-refractivity contribution in [1.82, 2.24) is 9.55 Å². The highest BCUT2D eigenvalue weighted by Gasteiger charge is 2.18. The molecular formula is C21H17N3O4S. The maximum absolute atomic E-state index is 12.8. The number of esters is 1. The minimum absolute atomic E-state index is 0.151. The number of aryl methyl sites for hydroxylation is 1. The molecule has 2 aromatic carbocycles. The van der Waals surface area contributed by atoms with Crippen molar-refractivity contribution in [3.8, 4) is 17.2 Å². The second-order valence-corrected chi connectivity index (χ2v) is 7.33. The third-order valence-corrected chi connectivity index (χ3v) is 5.36. The Balaban J connectivity index is 1.89. The van der Waals surface area contributed by atoms with E-state index in [1.54, 1.807) is 18.2 Å². The Bertz CT molecular complexity index is 1280. The van der Waals surface area contributed by atoms with Crippen molar-refractivity contribution in [3.05, 3.63) is 75.4 Å². The van der Waals surface area contributed by atoms with Crippen molar-refractivity contribution in [3.63, 3.8) is 0 Å². The van der Waals surface area contributed by atoms with E-state index in [-0.39, 0.29) is 5.82 Å². The molecule has 0 saturated carbocycles. The molecule has 8 heteroatoms. The number of thiophene rings is 1. The zero-order chi connectivity index (χ0) is 20.5. The molecule has 0 saturated heterocycles. The zero-order valence-electron chi connectivity index (χ0n) is 15.7. The van der Waals surface area contributed by atoms with Gasteiger partial charge in [0.1, 0.15) is 21.2 Å². The van der Waals surface area contributed by atoms with Crippen LogP contribution in [-0.4, -0.2) is 22.6 Å². The predicted molar refractivity (Wildman–Crippen MR) is 112 cm³/mol. The smallest absolute Gasteiger partial charge is 0.348 e. The number of hydrogen-bond donors (Lipinski definition) is 1. The number of rotatable bonds is 4. The Morgan fingerprint density at radius 2 is 1.90 bits per heavy atom. The highest BCUT2D eigenvalue weighted by Crippen LogP contribution is 2.30. The van der Waals surface area contributed by atoms with E-state index in [0.717, 1.165) is 16.9 Å². The molecule has 4 aromatic rings. The van der Waals surface area contributed by atoms with Crippen LogP contribution in [0.1, 0.15) is 15.2 Å². The summed E-state index contributed by atoms with van der Waals surface area (Å²) in [5, 5.41) is 0. The molecular weight excluding hydrogens is 390 g/mol. The molecule has 0 fully saturated rings. The number of fused-ring (bicyclic) bond motifs is 1. The first-order valence-corrected chi connectivity index (χ1v) is 9.54. The number of ether oxygens (including phenoxy) is 2. The molecule has 2 heterocycles. The lowest BCUT2D eigenvalue weighted by Gasteiger charge is -2.13. The summed E-state index contributed by atoms with van der Waals surface area (Å²) in [7, 11) is 1.30. The summed E-state index contributed by atoms with van der Waals surface area (Å²) in [6.45, 7) is 1.92. The van der Waals surface area contributed by atoms with Gasteiger partial charge in [0, 0.05) is 6.07 Å². The van der Waals surface area contributed by atoms with Crippen LogP contribution in [0, 0.1) is 6.92 Å². The van der Waals surface area contributed by atoms with Crippen LogP contribution in [0.5, 0.6) is 11.5 Å². The van der Waals surface area contributed by atoms with E-state index in [9.17, 15) is 9.59 Å². The summed E-state index contributed by atoms with van der Waals surface area (Å²) in [4.78, 5) is 29.7. The Kier molecular flexibility index (Phi) is 4.77. The Hall–Kier alpha value is -3.65. The fourth-order valence-corrected chi connectivity index (χ4v) is 3.85. The molecule has 0 aliphatic rings. The number of aromatic nitrogens is 2. The molecule has 0 aliphatic carbocycles. The van der Waals surface area contributed by atoms with Gasteiger partial charge in [-0.3, -0.25) is 9.36 Å². The van der Waals surface area contributed by atoms with E-state index in [0.29, 0.717) is 32.4 Å². The maximum Gasteiger partial charge on any atom is 0.348 e. The number of nitrogens with two attached hydrogens (primary N) is 1. The second kappa shape index (κ2) is 7.40. The first-order valence-electron chi connectivity index (χ1n) is 8.72. The number of carbonyl (C=O) groups is 1. The van der Waals surface area contributed by atoms with Crippen molar-refractivity contribution >= 4 is 33.5 Å². The van der Waals surface area contributed by atoms with Gasteiger partial charge in [-0.15, -0.1) is 11.3 Å². The van der Waals surface area contributed by atoms with Gasteiger partial charge in [0.2, 0.25) is 0 Å². The number of carbonyl (C=O) groups excluding carboxylic acids is 1. The van der Waals surface area contributed by atoms with Crippen LogP contribution < -0.4 is 16.0 Å². The number of benzene rings is 2. The van der Waals surface area contributed by atoms with E-state index in [4.69, 9.17) is 15.2 Å². The van der Waals surface area contributed by atoms with Crippen molar-refractivity contribution in [2.45, 2.75) is 6.92 Å². The largest absolute Gasteiger partial charge is 0.465 e. The summed E-state index contributed by atoms with van der Waals surface area (Å²) < 4.78 is 12.2. The first-order chi connectivity index (χ1) is 14.0. The lowest BCUT2D eigenvalue weighted by Crippen LogP contribution is -2.22. The molecule has 7 nitrogen and oxygen atoms in total. The Morgan fingerprint density at radius 1 is 1.14 bits per heavy atom. The van der Waals surface area contributed by atoms with E-state index in [2.05, 4.69) is 4.98 Å². The number of para-hydroxylation sites is 1. The van der Waals surface area contributed by atoms with Crippen LogP contribution in [-0.2, 0) is 4.74 Å². The molecule has 0 amide bonds. The van der Waals surface area contributed by atoms with Crippen LogP contribution in [0.4, 0.5) is 5.82 Å². The molecule has 0 aliphatic heterocycles. The minimum atomic E-state index is -0.498. The first kappa shape index (κ1) is 18.7. The molecule has 4 rings (SSSR count). The van der Waals surface area contributed by atoms with Gasteiger partial charge in [-0.2, -0.15) is 0 Å². The fraction of sp³-hybridized carbons (Fsp3) is 0.0952. The van der Waals surface area contributed by atoms with Crippen LogP contribution in [0.15, 0.2) is 59.4 Å². The van der Waals surface area contributed by atoms with Gasteiger partial charge >= 0.3 is 5.97 Å². The van der Waals surface area contributed by atoms with Gasteiger partial charge in [-0.1, -0.05) is 24.3 Å². The van der Waals surface area contributed by atoms with E-state index < -0.39 is 11.5 Å². The number of nitrogens with zero attached hydrogens (tertiary/aromatic N) is 2. The molecule has 0 atom stereocenters. The number of anilines is 1. The second-order valence-electron chi connectivity index (χ2n) is 6.30. The summed E-state index contributed by atoms with van der Waals surface area (Å²) >= 11 is 1.12. The average Bonchev–Trinajstić information content (AvgIpc) is 3.14. The van der Waals surface area contributed by atoms with E-state index >= 15 is 0 Å². The van der Waals surface area contributed by atoms with Crippen molar-refractivity contribution in [2.75, 3.05) is 12.8 Å². The van der Waals surface area contributed by atoms with Gasteiger partial charge in [0.05, 0.1) is 18.3 Å². The highest BCUT2D eigenvalue weighted by atomic mass is 32.1. The summed E-state index contributed by atoms with van der Waals surface area (Å²) in [6.07, 6.45) is 0. The summed E-state index contributed by atoms with van der Waals surface area (Å²) in [5.41, 5.74) is 7.32. The number of methoxy groups -OCH3 is 1. The van der Waals surface area contributed by atoms with Gasteiger partial charge in [-0.25, -0.2) is 9.78 Å².